The molecule has 0 radical (unpaired) electrons. The summed E-state index contributed by atoms with van der Waals surface area (Å²) in [6.45, 7) is 0.626. The Labute approximate surface area is 95.0 Å². The average molecular weight is 236 g/mol. The van der Waals surface area contributed by atoms with Gasteiger partial charge in [0, 0.05) is 25.3 Å². The third-order valence-corrected chi connectivity index (χ3v) is 2.19. The number of carbonyl (C=O) groups excluding carboxylic acids is 1. The van der Waals surface area contributed by atoms with E-state index in [2.05, 4.69) is 5.32 Å². The molecule has 0 aliphatic carbocycles. The minimum absolute atomic E-state index is 0.0221. The molecular formula is C10H18ClNO3. The van der Waals surface area contributed by atoms with Gasteiger partial charge in [0.2, 0.25) is 5.91 Å². The fraction of sp³-hybridized carbons (Fsp3) is 0.800. The van der Waals surface area contributed by atoms with Crippen molar-refractivity contribution in [1.82, 2.24) is 5.32 Å². The first kappa shape index (κ1) is 14.2. The number of alkyl halides is 1. The van der Waals surface area contributed by atoms with Crippen molar-refractivity contribution in [1.29, 1.82) is 0 Å². The second-order valence-corrected chi connectivity index (χ2v) is 3.72. The minimum atomic E-state index is -0.763. The maximum atomic E-state index is 11.1. The molecule has 2 N–H and O–H groups in total. The number of unbranched alkanes of at least 4 members (excludes halogenated alkanes) is 2. The summed E-state index contributed by atoms with van der Waals surface area (Å²) in [7, 11) is 0. The zero-order valence-electron chi connectivity index (χ0n) is 8.80. The van der Waals surface area contributed by atoms with Gasteiger partial charge in [0.1, 0.15) is 0 Å². The van der Waals surface area contributed by atoms with Gasteiger partial charge in [0.15, 0.2) is 0 Å². The van der Waals surface area contributed by atoms with Crippen LogP contribution in [0, 0.1) is 0 Å². The number of rotatable bonds is 9. The minimum Gasteiger partial charge on any atom is -0.481 e. The largest absolute Gasteiger partial charge is 0.481 e. The maximum absolute atomic E-state index is 11.1. The smallest absolute Gasteiger partial charge is 0.303 e. The van der Waals surface area contributed by atoms with E-state index in [1.165, 1.54) is 0 Å². The van der Waals surface area contributed by atoms with E-state index in [0.29, 0.717) is 31.7 Å². The summed E-state index contributed by atoms with van der Waals surface area (Å²) in [6.07, 6.45) is 3.72. The van der Waals surface area contributed by atoms with Gasteiger partial charge in [-0.05, 0) is 19.3 Å². The SMILES string of the molecule is O=C(O)CCCCCNC(=O)CCCCl. The Hall–Kier alpha value is -0.770. The molecule has 88 valence electrons. The average Bonchev–Trinajstić information content (AvgIpc) is 2.19. The molecule has 4 nitrogen and oxygen atoms in total. The maximum Gasteiger partial charge on any atom is 0.303 e. The van der Waals surface area contributed by atoms with Crippen molar-refractivity contribution < 1.29 is 14.7 Å². The number of carboxylic acid groups (broad SMARTS) is 1. The zero-order chi connectivity index (χ0) is 11.5. The first-order chi connectivity index (χ1) is 7.16. The van der Waals surface area contributed by atoms with Crippen molar-refractivity contribution in [3.05, 3.63) is 0 Å². The number of aliphatic carboxylic acids is 1. The number of nitrogens with one attached hydrogen (secondary N) is 1. The first-order valence-corrected chi connectivity index (χ1v) is 5.74. The van der Waals surface area contributed by atoms with Crippen LogP contribution in [-0.4, -0.2) is 29.4 Å². The molecule has 0 saturated carbocycles. The lowest BCUT2D eigenvalue weighted by atomic mass is 10.2. The van der Waals surface area contributed by atoms with Gasteiger partial charge in [-0.2, -0.15) is 0 Å². The molecule has 0 fully saturated rings. The van der Waals surface area contributed by atoms with Gasteiger partial charge in [0.05, 0.1) is 0 Å². The molecule has 0 heterocycles. The van der Waals surface area contributed by atoms with Gasteiger partial charge in [-0.1, -0.05) is 6.42 Å². The highest BCUT2D eigenvalue weighted by Gasteiger charge is 2.00. The first-order valence-electron chi connectivity index (χ1n) is 5.21. The number of carbonyl (C=O) groups is 2. The highest BCUT2D eigenvalue weighted by molar-refractivity contribution is 6.17. The van der Waals surface area contributed by atoms with Gasteiger partial charge in [-0.15, -0.1) is 11.6 Å². The van der Waals surface area contributed by atoms with E-state index < -0.39 is 5.97 Å². The predicted molar refractivity (Wildman–Crippen MR) is 59.1 cm³/mol. The third-order valence-electron chi connectivity index (χ3n) is 1.93. The van der Waals surface area contributed by atoms with Gasteiger partial charge in [0.25, 0.3) is 0 Å². The monoisotopic (exact) mass is 235 g/mol. The van der Waals surface area contributed by atoms with Crippen LogP contribution in [0.15, 0.2) is 0 Å². The van der Waals surface area contributed by atoms with Crippen LogP contribution in [0.4, 0.5) is 0 Å². The summed E-state index contributed by atoms with van der Waals surface area (Å²) in [5.41, 5.74) is 0. The highest BCUT2D eigenvalue weighted by atomic mass is 35.5. The molecule has 0 aromatic heterocycles. The molecule has 0 aliphatic heterocycles. The van der Waals surface area contributed by atoms with Crippen LogP contribution in [0.3, 0.4) is 0 Å². The van der Waals surface area contributed by atoms with E-state index in [1.54, 1.807) is 0 Å². The molecule has 0 saturated heterocycles. The van der Waals surface area contributed by atoms with Crippen LogP contribution in [0.2, 0.25) is 0 Å². The van der Waals surface area contributed by atoms with Crippen LogP contribution in [0.25, 0.3) is 0 Å². The molecule has 0 atom stereocenters. The fourth-order valence-corrected chi connectivity index (χ4v) is 1.26. The molecule has 1 amide bonds. The van der Waals surface area contributed by atoms with Gasteiger partial charge in [-0.3, -0.25) is 9.59 Å². The molecule has 0 bridgehead atoms. The van der Waals surface area contributed by atoms with Gasteiger partial charge >= 0.3 is 5.97 Å². The lowest BCUT2D eigenvalue weighted by molar-refractivity contribution is -0.137. The summed E-state index contributed by atoms with van der Waals surface area (Å²) in [5, 5.41) is 11.1. The van der Waals surface area contributed by atoms with Crippen LogP contribution < -0.4 is 5.32 Å². The molecular weight excluding hydrogens is 218 g/mol. The number of halogens is 1. The Morgan fingerprint density at radius 1 is 1.07 bits per heavy atom. The van der Waals surface area contributed by atoms with Crippen molar-refractivity contribution in [3.8, 4) is 0 Å². The van der Waals surface area contributed by atoms with Crippen molar-refractivity contribution in [2.75, 3.05) is 12.4 Å². The Bertz CT molecular complexity index is 197. The number of amides is 1. The normalized spacial score (nSPS) is 9.93. The van der Waals surface area contributed by atoms with E-state index in [-0.39, 0.29) is 12.3 Å². The molecule has 0 spiro atoms. The van der Waals surface area contributed by atoms with Crippen LogP contribution in [0.5, 0.6) is 0 Å². The van der Waals surface area contributed by atoms with Crippen LogP contribution >= 0.6 is 11.6 Å². The van der Waals surface area contributed by atoms with Crippen LogP contribution in [-0.2, 0) is 9.59 Å². The molecule has 15 heavy (non-hydrogen) atoms. The van der Waals surface area contributed by atoms with Crippen molar-refractivity contribution >= 4 is 23.5 Å². The Morgan fingerprint density at radius 2 is 1.80 bits per heavy atom. The van der Waals surface area contributed by atoms with E-state index in [1.807, 2.05) is 0 Å². The van der Waals surface area contributed by atoms with Gasteiger partial charge < -0.3 is 10.4 Å². The molecule has 0 rings (SSSR count). The third kappa shape index (κ3) is 11.2. The predicted octanol–water partition coefficient (Wildman–Crippen LogP) is 1.77. The summed E-state index contributed by atoms with van der Waals surface area (Å²) in [5.74, 6) is -0.235. The molecule has 5 heteroatoms. The molecule has 0 aliphatic rings. The number of carboxylic acids is 1. The van der Waals surface area contributed by atoms with Crippen molar-refractivity contribution in [2.24, 2.45) is 0 Å². The fourth-order valence-electron chi connectivity index (χ4n) is 1.12. The Kier molecular flexibility index (Phi) is 9.27. The second kappa shape index (κ2) is 9.77. The summed E-state index contributed by atoms with van der Waals surface area (Å²) in [6, 6.07) is 0. The van der Waals surface area contributed by atoms with E-state index in [0.717, 1.165) is 12.8 Å². The number of hydrogen-bond donors (Lipinski definition) is 2. The van der Waals surface area contributed by atoms with E-state index in [4.69, 9.17) is 16.7 Å². The number of hydrogen-bond acceptors (Lipinski definition) is 2. The summed E-state index contributed by atoms with van der Waals surface area (Å²) in [4.78, 5) is 21.3. The summed E-state index contributed by atoms with van der Waals surface area (Å²) < 4.78 is 0. The second-order valence-electron chi connectivity index (χ2n) is 3.35. The quantitative estimate of drug-likeness (QED) is 0.473. The van der Waals surface area contributed by atoms with E-state index in [9.17, 15) is 9.59 Å². The van der Waals surface area contributed by atoms with Crippen molar-refractivity contribution in [2.45, 2.75) is 38.5 Å². The van der Waals surface area contributed by atoms with E-state index >= 15 is 0 Å². The lowest BCUT2D eigenvalue weighted by Crippen LogP contribution is -2.24. The van der Waals surface area contributed by atoms with Crippen molar-refractivity contribution in [3.63, 3.8) is 0 Å². The molecule has 0 aromatic rings. The lowest BCUT2D eigenvalue weighted by Gasteiger charge is -2.03. The zero-order valence-corrected chi connectivity index (χ0v) is 9.55. The van der Waals surface area contributed by atoms with Gasteiger partial charge in [-0.25, -0.2) is 0 Å². The standard InChI is InChI=1S/C10H18ClNO3/c11-7-4-5-9(13)12-8-3-1-2-6-10(14)15/h1-8H2,(H,12,13)(H,14,15). The molecule has 0 aromatic carbocycles. The topological polar surface area (TPSA) is 66.4 Å². The highest BCUT2D eigenvalue weighted by Crippen LogP contribution is 1.99. The molecule has 0 unspecified atom stereocenters. The van der Waals surface area contributed by atoms with Crippen LogP contribution in [0.1, 0.15) is 38.5 Å². The Balaban J connectivity index is 3.16. The summed E-state index contributed by atoms with van der Waals surface area (Å²) >= 11 is 5.44. The Morgan fingerprint density at radius 3 is 2.40 bits per heavy atom.